The second-order valence-electron chi connectivity index (χ2n) is 4.18. The molecule has 0 saturated carbocycles. The summed E-state index contributed by atoms with van der Waals surface area (Å²) in [4.78, 5) is 1.29. The molecule has 1 unspecified atom stereocenters. The van der Waals surface area contributed by atoms with Crippen LogP contribution in [0.4, 0.5) is 10.1 Å². The Morgan fingerprint density at radius 2 is 2.11 bits per heavy atom. The van der Waals surface area contributed by atoms with E-state index in [0.29, 0.717) is 0 Å². The molecule has 1 aromatic heterocycles. The fraction of sp³-hybridized carbons (Fsp3) is 0.286. The summed E-state index contributed by atoms with van der Waals surface area (Å²) in [5, 5.41) is 5.43. The number of hydrogen-bond donors (Lipinski definition) is 1. The lowest BCUT2D eigenvalue weighted by Crippen LogP contribution is -2.06. The lowest BCUT2D eigenvalue weighted by atomic mass is 10.2. The number of aryl methyl sites for hydroxylation is 1. The van der Waals surface area contributed by atoms with Crippen LogP contribution in [0.15, 0.2) is 29.6 Å². The number of methoxy groups -OCH3 is 1. The molecular weight excluding hydrogens is 249 g/mol. The summed E-state index contributed by atoms with van der Waals surface area (Å²) < 4.78 is 18.3. The van der Waals surface area contributed by atoms with E-state index in [2.05, 4.69) is 30.6 Å². The Morgan fingerprint density at radius 1 is 1.33 bits per heavy atom. The van der Waals surface area contributed by atoms with E-state index in [4.69, 9.17) is 4.74 Å². The first-order valence-corrected chi connectivity index (χ1v) is 6.64. The third-order valence-corrected chi connectivity index (χ3v) is 4.03. The largest absolute Gasteiger partial charge is 0.494 e. The van der Waals surface area contributed by atoms with Gasteiger partial charge in [0.1, 0.15) is 0 Å². The second kappa shape index (κ2) is 5.40. The molecule has 4 heteroatoms. The summed E-state index contributed by atoms with van der Waals surface area (Å²) in [7, 11) is 1.47. The minimum Gasteiger partial charge on any atom is -0.494 e. The number of rotatable bonds is 4. The van der Waals surface area contributed by atoms with E-state index in [1.807, 2.05) is 0 Å². The number of anilines is 1. The summed E-state index contributed by atoms with van der Waals surface area (Å²) >= 11 is 1.72. The van der Waals surface area contributed by atoms with E-state index < -0.39 is 0 Å². The molecule has 1 aromatic carbocycles. The van der Waals surface area contributed by atoms with Gasteiger partial charge >= 0.3 is 0 Å². The van der Waals surface area contributed by atoms with Crippen molar-refractivity contribution in [3.05, 3.63) is 45.9 Å². The standard InChI is InChI=1S/C14H16FNOS/c1-9-6-7-18-14(9)10(2)16-11-4-5-12(15)13(8-11)17-3/h4-8,10,16H,1-3H3. The first-order valence-electron chi connectivity index (χ1n) is 5.76. The van der Waals surface area contributed by atoms with Crippen molar-refractivity contribution < 1.29 is 9.13 Å². The predicted molar refractivity (Wildman–Crippen MR) is 74.0 cm³/mol. The summed E-state index contributed by atoms with van der Waals surface area (Å²) in [5.74, 6) is -0.0851. The molecule has 0 amide bonds. The van der Waals surface area contributed by atoms with E-state index in [1.165, 1.54) is 23.6 Å². The normalized spacial score (nSPS) is 12.2. The van der Waals surface area contributed by atoms with Crippen LogP contribution in [0.1, 0.15) is 23.4 Å². The molecule has 1 N–H and O–H groups in total. The third-order valence-electron chi connectivity index (χ3n) is 2.83. The fourth-order valence-electron chi connectivity index (χ4n) is 1.89. The topological polar surface area (TPSA) is 21.3 Å². The maximum Gasteiger partial charge on any atom is 0.165 e. The summed E-state index contributed by atoms with van der Waals surface area (Å²) in [6, 6.07) is 7.10. The van der Waals surface area contributed by atoms with Crippen LogP contribution in [0, 0.1) is 12.7 Å². The van der Waals surface area contributed by atoms with E-state index >= 15 is 0 Å². The van der Waals surface area contributed by atoms with E-state index in [-0.39, 0.29) is 17.6 Å². The van der Waals surface area contributed by atoms with Gasteiger partial charge in [-0.1, -0.05) is 0 Å². The van der Waals surface area contributed by atoms with Gasteiger partial charge in [-0.05, 0) is 43.0 Å². The maximum absolute atomic E-state index is 13.3. The van der Waals surface area contributed by atoms with Crippen molar-refractivity contribution in [3.8, 4) is 5.75 Å². The zero-order valence-corrected chi connectivity index (χ0v) is 11.5. The number of hydrogen-bond acceptors (Lipinski definition) is 3. The first-order chi connectivity index (χ1) is 8.61. The molecule has 0 aliphatic carbocycles. The highest BCUT2D eigenvalue weighted by Crippen LogP contribution is 2.28. The zero-order chi connectivity index (χ0) is 13.1. The predicted octanol–water partition coefficient (Wildman–Crippen LogP) is 4.38. The highest BCUT2D eigenvalue weighted by molar-refractivity contribution is 7.10. The van der Waals surface area contributed by atoms with E-state index in [9.17, 15) is 4.39 Å². The lowest BCUT2D eigenvalue weighted by Gasteiger charge is -2.15. The van der Waals surface area contributed by atoms with Crippen LogP contribution in [0.3, 0.4) is 0 Å². The molecular formula is C14H16FNOS. The molecule has 0 bridgehead atoms. The average molecular weight is 265 g/mol. The van der Waals surface area contributed by atoms with Crippen molar-refractivity contribution in [2.24, 2.45) is 0 Å². The van der Waals surface area contributed by atoms with Gasteiger partial charge in [0.25, 0.3) is 0 Å². The van der Waals surface area contributed by atoms with Crippen LogP contribution in [-0.2, 0) is 0 Å². The Balaban J connectivity index is 2.17. The molecule has 2 aromatic rings. The van der Waals surface area contributed by atoms with Gasteiger partial charge in [-0.3, -0.25) is 0 Å². The van der Waals surface area contributed by atoms with Crippen LogP contribution >= 0.6 is 11.3 Å². The monoisotopic (exact) mass is 265 g/mol. The fourth-order valence-corrected chi connectivity index (χ4v) is 2.83. The first kappa shape index (κ1) is 12.9. The SMILES string of the molecule is COc1cc(NC(C)c2sccc2C)ccc1F. The molecule has 2 rings (SSSR count). The van der Waals surface area contributed by atoms with E-state index in [0.717, 1.165) is 5.69 Å². The highest BCUT2D eigenvalue weighted by Gasteiger charge is 2.11. The van der Waals surface area contributed by atoms with Crippen LogP contribution in [-0.4, -0.2) is 7.11 Å². The summed E-state index contributed by atoms with van der Waals surface area (Å²) in [6.45, 7) is 4.18. The lowest BCUT2D eigenvalue weighted by molar-refractivity contribution is 0.387. The van der Waals surface area contributed by atoms with Gasteiger partial charge in [-0.2, -0.15) is 0 Å². The third kappa shape index (κ3) is 2.64. The Labute approximate surface area is 110 Å². The van der Waals surface area contributed by atoms with Crippen molar-refractivity contribution in [2.75, 3.05) is 12.4 Å². The van der Waals surface area contributed by atoms with Gasteiger partial charge in [0.05, 0.1) is 13.2 Å². The van der Waals surface area contributed by atoms with Gasteiger partial charge in [-0.15, -0.1) is 11.3 Å². The van der Waals surface area contributed by atoms with Crippen LogP contribution in [0.2, 0.25) is 0 Å². The van der Waals surface area contributed by atoms with Crippen molar-refractivity contribution in [2.45, 2.75) is 19.9 Å². The van der Waals surface area contributed by atoms with Crippen molar-refractivity contribution in [1.29, 1.82) is 0 Å². The van der Waals surface area contributed by atoms with Crippen molar-refractivity contribution in [1.82, 2.24) is 0 Å². The summed E-state index contributed by atoms with van der Waals surface area (Å²) in [6.07, 6.45) is 0. The molecule has 0 aliphatic rings. The van der Waals surface area contributed by atoms with Crippen molar-refractivity contribution >= 4 is 17.0 Å². The minimum absolute atomic E-state index is 0.195. The molecule has 0 spiro atoms. The Bertz CT molecular complexity index is 538. The maximum atomic E-state index is 13.3. The number of benzene rings is 1. The van der Waals surface area contributed by atoms with Gasteiger partial charge < -0.3 is 10.1 Å². The Kier molecular flexibility index (Phi) is 3.87. The quantitative estimate of drug-likeness (QED) is 0.886. The number of halogens is 1. The Hall–Kier alpha value is -1.55. The average Bonchev–Trinajstić information content (AvgIpc) is 2.78. The number of thiophene rings is 1. The van der Waals surface area contributed by atoms with Crippen LogP contribution < -0.4 is 10.1 Å². The van der Waals surface area contributed by atoms with Crippen LogP contribution in [0.5, 0.6) is 5.75 Å². The highest BCUT2D eigenvalue weighted by atomic mass is 32.1. The van der Waals surface area contributed by atoms with Gasteiger partial charge in [0.15, 0.2) is 11.6 Å². The molecule has 1 heterocycles. The Morgan fingerprint density at radius 3 is 2.72 bits per heavy atom. The van der Waals surface area contributed by atoms with Gasteiger partial charge in [-0.25, -0.2) is 4.39 Å². The molecule has 1 atom stereocenters. The summed E-state index contributed by atoms with van der Waals surface area (Å²) in [5.41, 5.74) is 2.13. The molecule has 0 fully saturated rings. The smallest absolute Gasteiger partial charge is 0.165 e. The molecule has 0 saturated heterocycles. The molecule has 2 nitrogen and oxygen atoms in total. The van der Waals surface area contributed by atoms with Gasteiger partial charge in [0, 0.05) is 16.6 Å². The van der Waals surface area contributed by atoms with E-state index in [1.54, 1.807) is 23.5 Å². The molecule has 0 aliphatic heterocycles. The number of nitrogens with one attached hydrogen (secondary N) is 1. The van der Waals surface area contributed by atoms with Gasteiger partial charge in [0.2, 0.25) is 0 Å². The molecule has 0 radical (unpaired) electrons. The van der Waals surface area contributed by atoms with Crippen molar-refractivity contribution in [3.63, 3.8) is 0 Å². The second-order valence-corrected chi connectivity index (χ2v) is 5.13. The minimum atomic E-state index is -0.344. The molecule has 96 valence electrons. The number of ether oxygens (including phenoxy) is 1. The zero-order valence-electron chi connectivity index (χ0n) is 10.7. The van der Waals surface area contributed by atoms with Crippen LogP contribution in [0.25, 0.3) is 0 Å². The molecule has 18 heavy (non-hydrogen) atoms.